The molecule has 0 bridgehead atoms. The average Bonchev–Trinajstić information content (AvgIpc) is 3.22. The molecule has 33 heavy (non-hydrogen) atoms. The molecule has 1 aromatic rings. The lowest BCUT2D eigenvalue weighted by molar-refractivity contribution is -0.127. The first-order valence-corrected chi connectivity index (χ1v) is 12.2. The Hall–Kier alpha value is -1.63. The summed E-state index contributed by atoms with van der Waals surface area (Å²) in [5.41, 5.74) is 8.88. The fourth-order valence-electron chi connectivity index (χ4n) is 5.06. The number of hydrogen-bond donors (Lipinski definition) is 8. The minimum absolute atomic E-state index is 0.0127. The number of hydrazine groups is 1. The van der Waals surface area contributed by atoms with Gasteiger partial charge in [-0.3, -0.25) is 20.3 Å². The van der Waals surface area contributed by atoms with E-state index in [2.05, 4.69) is 49.4 Å². The van der Waals surface area contributed by atoms with Crippen molar-refractivity contribution >= 4 is 5.91 Å². The molecule has 1 amide bonds. The zero-order valence-electron chi connectivity index (χ0n) is 19.7. The number of piperidine rings is 1. The maximum absolute atomic E-state index is 13.0. The average molecular weight is 461 g/mol. The minimum atomic E-state index is -0.373. The van der Waals surface area contributed by atoms with Crippen LogP contribution in [0.25, 0.3) is 0 Å². The number of nitrogens with one attached hydrogen (secondary N) is 7. The predicted molar refractivity (Wildman–Crippen MR) is 128 cm³/mol. The lowest BCUT2D eigenvalue weighted by Crippen LogP contribution is -2.58. The third-order valence-corrected chi connectivity index (χ3v) is 7.11. The molecule has 0 radical (unpaired) electrons. The molecule has 3 heterocycles. The van der Waals surface area contributed by atoms with Gasteiger partial charge in [0.25, 0.3) is 0 Å². The molecular weight excluding hydrogens is 420 g/mol. The van der Waals surface area contributed by atoms with Gasteiger partial charge in [-0.2, -0.15) is 0 Å². The van der Waals surface area contributed by atoms with Gasteiger partial charge in [-0.05, 0) is 51.9 Å². The molecule has 6 atom stereocenters. The first-order valence-electron chi connectivity index (χ1n) is 12.2. The molecule has 3 fully saturated rings. The minimum Gasteiger partial charge on any atom is -0.394 e. The van der Waals surface area contributed by atoms with Crippen molar-refractivity contribution in [3.8, 4) is 0 Å². The highest BCUT2D eigenvalue weighted by atomic mass is 16.3. The summed E-state index contributed by atoms with van der Waals surface area (Å²) in [5, 5.41) is 26.8. The van der Waals surface area contributed by atoms with Crippen LogP contribution in [0.4, 0.5) is 0 Å². The van der Waals surface area contributed by atoms with Crippen LogP contribution in [0.5, 0.6) is 0 Å². The molecule has 5 unspecified atom stereocenters. The van der Waals surface area contributed by atoms with E-state index in [1.165, 1.54) is 0 Å². The van der Waals surface area contributed by atoms with Crippen LogP contribution in [-0.4, -0.2) is 80.4 Å². The van der Waals surface area contributed by atoms with E-state index in [1.807, 2.05) is 31.2 Å². The van der Waals surface area contributed by atoms with Gasteiger partial charge in [0.15, 0.2) is 0 Å². The Kier molecular flexibility index (Phi) is 8.67. The van der Waals surface area contributed by atoms with Crippen LogP contribution < -0.4 is 37.4 Å². The number of carbonyl (C=O) groups is 1. The van der Waals surface area contributed by atoms with E-state index in [0.717, 1.165) is 56.7 Å². The lowest BCUT2D eigenvalue weighted by atomic mass is 9.94. The van der Waals surface area contributed by atoms with Crippen LogP contribution in [0.15, 0.2) is 24.3 Å². The number of carbonyl (C=O) groups excluding carboxylic acids is 1. The fraction of sp³-hybridized carbons (Fsp3) is 0.696. The zero-order chi connectivity index (χ0) is 23.2. The summed E-state index contributed by atoms with van der Waals surface area (Å²) in [7, 11) is 2.14. The van der Waals surface area contributed by atoms with E-state index >= 15 is 0 Å². The first-order chi connectivity index (χ1) is 16.0. The molecule has 184 valence electrons. The normalized spacial score (nSPS) is 31.9. The molecule has 0 saturated carbocycles. The van der Waals surface area contributed by atoms with Crippen molar-refractivity contribution < 1.29 is 9.90 Å². The van der Waals surface area contributed by atoms with Crippen molar-refractivity contribution in [3.63, 3.8) is 0 Å². The smallest absolute Gasteiger partial charge is 0.223 e. The quantitative estimate of drug-likeness (QED) is 0.238. The van der Waals surface area contributed by atoms with Gasteiger partial charge in [0, 0.05) is 25.2 Å². The monoisotopic (exact) mass is 460 g/mol. The van der Waals surface area contributed by atoms with E-state index < -0.39 is 0 Å². The Bertz CT molecular complexity index is 775. The summed E-state index contributed by atoms with van der Waals surface area (Å²) in [4.78, 5) is 15.3. The number of hydrogen-bond acceptors (Lipinski definition) is 9. The topological polar surface area (TPSA) is 125 Å². The second-order valence-corrected chi connectivity index (χ2v) is 9.48. The Morgan fingerprint density at radius 1 is 1.24 bits per heavy atom. The molecule has 10 nitrogen and oxygen atoms in total. The van der Waals surface area contributed by atoms with Gasteiger partial charge in [0.1, 0.15) is 0 Å². The Labute approximate surface area is 196 Å². The van der Waals surface area contributed by atoms with Gasteiger partial charge in [-0.15, -0.1) is 0 Å². The van der Waals surface area contributed by atoms with Crippen LogP contribution in [0.2, 0.25) is 0 Å². The van der Waals surface area contributed by atoms with E-state index in [4.69, 9.17) is 0 Å². The van der Waals surface area contributed by atoms with Crippen LogP contribution in [0, 0.1) is 12.8 Å². The third kappa shape index (κ3) is 6.28. The van der Waals surface area contributed by atoms with Crippen molar-refractivity contribution in [2.45, 2.75) is 56.8 Å². The number of likely N-dealkylation sites (N-methyl/N-ethyl adjacent to an activating group) is 1. The molecule has 0 aromatic heterocycles. The highest BCUT2D eigenvalue weighted by molar-refractivity contribution is 5.79. The van der Waals surface area contributed by atoms with Crippen molar-refractivity contribution in [1.82, 2.24) is 42.3 Å². The van der Waals surface area contributed by atoms with Gasteiger partial charge in [-0.1, -0.05) is 29.8 Å². The molecule has 10 heteroatoms. The standard InChI is InChI=1S/C23H40N8O2/c1-15-4-3-5-16(10-15)19(13-32)28-23(33)17-6-9-25-20(11-17)26-12-21-29-30-22(31(21)2)18-7-8-24-14-27-18/h3-5,10,17-22,24-27,29-30,32H,6-9,11-14H2,1-2H3,(H,28,33)/t17?,18?,19-,20?,21?,22?/m1/s1. The van der Waals surface area contributed by atoms with Crippen molar-refractivity contribution in [1.29, 1.82) is 0 Å². The summed E-state index contributed by atoms with van der Waals surface area (Å²) in [6.45, 7) is 5.33. The maximum Gasteiger partial charge on any atom is 0.223 e. The number of aryl methyl sites for hydroxylation is 1. The number of benzene rings is 1. The second kappa shape index (κ2) is 11.7. The van der Waals surface area contributed by atoms with Crippen molar-refractivity contribution in [2.24, 2.45) is 5.92 Å². The number of rotatable bonds is 8. The molecule has 8 N–H and O–H groups in total. The number of aliphatic hydroxyl groups is 1. The highest BCUT2D eigenvalue weighted by Crippen LogP contribution is 2.20. The molecule has 4 rings (SSSR count). The number of nitrogens with zero attached hydrogens (tertiary/aromatic N) is 1. The molecule has 1 aromatic carbocycles. The lowest BCUT2D eigenvalue weighted by Gasteiger charge is -2.35. The Morgan fingerprint density at radius 2 is 2.12 bits per heavy atom. The third-order valence-electron chi connectivity index (χ3n) is 7.11. The number of amides is 1. The molecule has 3 aliphatic heterocycles. The summed E-state index contributed by atoms with van der Waals surface area (Å²) >= 11 is 0. The zero-order valence-corrected chi connectivity index (χ0v) is 19.7. The summed E-state index contributed by atoms with van der Waals surface area (Å²) in [6, 6.07) is 7.97. The summed E-state index contributed by atoms with van der Waals surface area (Å²) < 4.78 is 0. The van der Waals surface area contributed by atoms with Gasteiger partial charge < -0.3 is 21.1 Å². The van der Waals surface area contributed by atoms with Gasteiger partial charge in [-0.25, -0.2) is 10.9 Å². The molecular formula is C23H40N8O2. The highest BCUT2D eigenvalue weighted by Gasteiger charge is 2.36. The SMILES string of the molecule is Cc1cccc([C@@H](CO)NC(=O)C2CCNC(NCC3NNC(C4CCNCN4)N3C)C2)c1. The largest absolute Gasteiger partial charge is 0.394 e. The van der Waals surface area contributed by atoms with Crippen molar-refractivity contribution in [2.75, 3.05) is 40.0 Å². The second-order valence-electron chi connectivity index (χ2n) is 9.48. The van der Waals surface area contributed by atoms with Gasteiger partial charge in [0.2, 0.25) is 5.91 Å². The molecule has 3 saturated heterocycles. The molecule has 0 aliphatic carbocycles. The van der Waals surface area contributed by atoms with Crippen LogP contribution in [0.3, 0.4) is 0 Å². The summed E-state index contributed by atoms with van der Waals surface area (Å²) in [5.74, 6) is -0.0691. The fourth-order valence-corrected chi connectivity index (χ4v) is 5.06. The first kappa shape index (κ1) is 24.5. The summed E-state index contributed by atoms with van der Waals surface area (Å²) in [6.07, 6.45) is 3.09. The van der Waals surface area contributed by atoms with Crippen LogP contribution in [-0.2, 0) is 4.79 Å². The van der Waals surface area contributed by atoms with Crippen LogP contribution >= 0.6 is 0 Å². The Morgan fingerprint density at radius 3 is 2.88 bits per heavy atom. The van der Waals surface area contributed by atoms with E-state index in [9.17, 15) is 9.90 Å². The number of aliphatic hydroxyl groups excluding tert-OH is 1. The van der Waals surface area contributed by atoms with Crippen LogP contribution in [0.1, 0.15) is 36.4 Å². The van der Waals surface area contributed by atoms with E-state index in [1.54, 1.807) is 0 Å². The van der Waals surface area contributed by atoms with Gasteiger partial charge in [0.05, 0.1) is 31.1 Å². The molecule has 0 spiro atoms. The van der Waals surface area contributed by atoms with E-state index in [0.29, 0.717) is 6.04 Å². The Balaban J connectivity index is 1.25. The van der Waals surface area contributed by atoms with E-state index in [-0.39, 0.29) is 43.0 Å². The predicted octanol–water partition coefficient (Wildman–Crippen LogP) is -1.34. The maximum atomic E-state index is 13.0. The van der Waals surface area contributed by atoms with Crippen molar-refractivity contribution in [3.05, 3.63) is 35.4 Å². The molecule has 3 aliphatic rings. The van der Waals surface area contributed by atoms with Gasteiger partial charge >= 0.3 is 0 Å².